The molecule has 0 aliphatic carbocycles. The Morgan fingerprint density at radius 3 is 2.04 bits per heavy atom. The van der Waals surface area contributed by atoms with E-state index in [4.69, 9.17) is 4.74 Å². The molecule has 0 aromatic heterocycles. The SMILES string of the molecule is O=C(Oc1cc(I)c(S(=O)(=O)O)c(I)c1)c1ccc(O)c(I)c1. The number of phenols is 1. The molecule has 0 aliphatic heterocycles. The van der Waals surface area contributed by atoms with E-state index in [2.05, 4.69) is 0 Å². The first-order valence-electron chi connectivity index (χ1n) is 5.77. The number of carbonyl (C=O) groups is 1. The van der Waals surface area contributed by atoms with Gasteiger partial charge in [-0.3, -0.25) is 4.55 Å². The van der Waals surface area contributed by atoms with E-state index in [0.717, 1.165) is 0 Å². The molecule has 0 heterocycles. The van der Waals surface area contributed by atoms with Crippen molar-refractivity contribution in [3.63, 3.8) is 0 Å². The Morgan fingerprint density at radius 1 is 1.00 bits per heavy atom. The molecule has 0 amide bonds. The molecule has 0 unspecified atom stereocenters. The van der Waals surface area contributed by atoms with E-state index >= 15 is 0 Å². The lowest BCUT2D eigenvalue weighted by atomic mass is 10.2. The van der Waals surface area contributed by atoms with Crippen molar-refractivity contribution in [3.8, 4) is 11.5 Å². The van der Waals surface area contributed by atoms with E-state index in [1.54, 1.807) is 45.2 Å². The van der Waals surface area contributed by atoms with Crippen LogP contribution in [0.5, 0.6) is 11.5 Å². The van der Waals surface area contributed by atoms with Gasteiger partial charge in [0.2, 0.25) is 0 Å². The summed E-state index contributed by atoms with van der Waals surface area (Å²) in [5, 5.41) is 9.45. The van der Waals surface area contributed by atoms with Crippen LogP contribution in [0.1, 0.15) is 10.4 Å². The van der Waals surface area contributed by atoms with Crippen molar-refractivity contribution in [2.45, 2.75) is 4.90 Å². The van der Waals surface area contributed by atoms with Crippen LogP contribution in [0.4, 0.5) is 0 Å². The Morgan fingerprint density at radius 2 is 1.57 bits per heavy atom. The normalized spacial score (nSPS) is 11.3. The highest BCUT2D eigenvalue weighted by molar-refractivity contribution is 14.1. The summed E-state index contributed by atoms with van der Waals surface area (Å²) in [6.45, 7) is 0. The van der Waals surface area contributed by atoms with Crippen molar-refractivity contribution in [1.29, 1.82) is 0 Å². The van der Waals surface area contributed by atoms with Gasteiger partial charge in [0.25, 0.3) is 10.1 Å². The van der Waals surface area contributed by atoms with Crippen LogP contribution in [0, 0.1) is 10.7 Å². The zero-order chi connectivity index (χ0) is 17.4. The Bertz CT molecular complexity index is 872. The fourth-order valence-electron chi connectivity index (χ4n) is 1.64. The summed E-state index contributed by atoms with van der Waals surface area (Å²) in [7, 11) is -4.36. The number of aromatic hydroxyl groups is 1. The fraction of sp³-hybridized carbons (Fsp3) is 0. The van der Waals surface area contributed by atoms with E-state index in [0.29, 0.717) is 3.57 Å². The van der Waals surface area contributed by atoms with Crippen molar-refractivity contribution < 1.29 is 27.6 Å². The molecule has 23 heavy (non-hydrogen) atoms. The van der Waals surface area contributed by atoms with Crippen LogP contribution in [0.25, 0.3) is 0 Å². The molecule has 2 aromatic rings. The Balaban J connectivity index is 2.34. The first-order chi connectivity index (χ1) is 10.6. The van der Waals surface area contributed by atoms with Crippen molar-refractivity contribution in [2.75, 3.05) is 0 Å². The minimum Gasteiger partial charge on any atom is -0.507 e. The number of rotatable bonds is 3. The van der Waals surface area contributed by atoms with Crippen molar-refractivity contribution in [1.82, 2.24) is 0 Å². The minimum absolute atomic E-state index is 0.0590. The zero-order valence-corrected chi connectivity index (χ0v) is 18.2. The third kappa shape index (κ3) is 4.67. The van der Waals surface area contributed by atoms with E-state index in [1.807, 2.05) is 22.6 Å². The van der Waals surface area contributed by atoms with E-state index in [-0.39, 0.29) is 29.1 Å². The molecular weight excluding hydrogens is 665 g/mol. The van der Waals surface area contributed by atoms with E-state index < -0.39 is 16.1 Å². The van der Waals surface area contributed by atoms with Gasteiger partial charge in [0, 0.05) is 7.14 Å². The lowest BCUT2D eigenvalue weighted by Gasteiger charge is -2.09. The smallest absolute Gasteiger partial charge is 0.343 e. The monoisotopic (exact) mass is 672 g/mol. The van der Waals surface area contributed by atoms with Crippen LogP contribution >= 0.6 is 67.8 Å². The van der Waals surface area contributed by atoms with Gasteiger partial charge in [0.05, 0.1) is 9.13 Å². The zero-order valence-electron chi connectivity index (χ0n) is 11.0. The fourth-order valence-corrected chi connectivity index (χ4v) is 6.15. The summed E-state index contributed by atoms with van der Waals surface area (Å²) >= 11 is 5.36. The second-order valence-corrected chi connectivity index (χ2v) is 9.09. The molecule has 0 saturated heterocycles. The Hall–Kier alpha value is -0.190. The van der Waals surface area contributed by atoms with Gasteiger partial charge in [-0.1, -0.05) is 0 Å². The third-order valence-corrected chi connectivity index (χ3v) is 6.88. The number of ether oxygens (including phenoxy) is 1. The molecule has 0 bridgehead atoms. The molecule has 0 fully saturated rings. The highest BCUT2D eigenvalue weighted by Crippen LogP contribution is 2.30. The van der Waals surface area contributed by atoms with Crippen LogP contribution in [0.15, 0.2) is 35.2 Å². The Kier molecular flexibility index (Phi) is 6.13. The average Bonchev–Trinajstić information content (AvgIpc) is 2.39. The number of halogens is 3. The Labute approximate surface area is 172 Å². The maximum atomic E-state index is 12.1. The largest absolute Gasteiger partial charge is 0.507 e. The number of hydrogen-bond donors (Lipinski definition) is 2. The number of carbonyl (C=O) groups excluding carboxylic acids is 1. The highest BCUT2D eigenvalue weighted by atomic mass is 127. The topological polar surface area (TPSA) is 101 Å². The standard InChI is InChI=1S/C13H7I3O6S/c14-8-3-6(1-2-11(8)17)13(18)22-7-4-9(15)12(10(16)5-7)23(19,20)21/h1-5,17H,(H,19,20,21). The maximum Gasteiger partial charge on any atom is 0.343 e. The lowest BCUT2D eigenvalue weighted by Crippen LogP contribution is -2.10. The summed E-state index contributed by atoms with van der Waals surface area (Å²) in [4.78, 5) is 11.9. The van der Waals surface area contributed by atoms with Gasteiger partial charge in [-0.05, 0) is 98.1 Å². The van der Waals surface area contributed by atoms with Gasteiger partial charge >= 0.3 is 5.97 Å². The summed E-state index contributed by atoms with van der Waals surface area (Å²) < 4.78 is 38.0. The van der Waals surface area contributed by atoms with Crippen molar-refractivity contribution in [3.05, 3.63) is 46.6 Å². The summed E-state index contributed by atoms with van der Waals surface area (Å²) in [5.41, 5.74) is 0.246. The van der Waals surface area contributed by atoms with E-state index in [9.17, 15) is 22.9 Å². The molecule has 0 saturated carbocycles. The predicted molar refractivity (Wildman–Crippen MR) is 107 cm³/mol. The van der Waals surface area contributed by atoms with Crippen molar-refractivity contribution in [2.24, 2.45) is 0 Å². The maximum absolute atomic E-state index is 12.1. The van der Waals surface area contributed by atoms with Gasteiger partial charge < -0.3 is 9.84 Å². The van der Waals surface area contributed by atoms with Crippen LogP contribution in [0.3, 0.4) is 0 Å². The second kappa shape index (κ2) is 7.37. The third-order valence-electron chi connectivity index (χ3n) is 2.62. The van der Waals surface area contributed by atoms with Crippen LogP contribution in [0.2, 0.25) is 0 Å². The molecule has 2 rings (SSSR count). The molecule has 10 heteroatoms. The molecule has 0 spiro atoms. The van der Waals surface area contributed by atoms with Crippen LogP contribution < -0.4 is 4.74 Å². The van der Waals surface area contributed by atoms with Gasteiger partial charge in [0.1, 0.15) is 16.4 Å². The summed E-state index contributed by atoms with van der Waals surface area (Å²) in [6.07, 6.45) is 0. The molecule has 0 aliphatic rings. The number of hydrogen-bond acceptors (Lipinski definition) is 5. The number of benzene rings is 2. The number of phenolic OH excluding ortho intramolecular Hbond substituents is 1. The summed E-state index contributed by atoms with van der Waals surface area (Å²) in [5.74, 6) is -0.433. The number of esters is 1. The van der Waals surface area contributed by atoms with Crippen LogP contribution in [-0.2, 0) is 10.1 Å². The second-order valence-electron chi connectivity index (χ2n) is 4.25. The van der Waals surface area contributed by atoms with Gasteiger partial charge in [-0.25, -0.2) is 4.79 Å². The van der Waals surface area contributed by atoms with Crippen molar-refractivity contribution >= 4 is 83.9 Å². The molecule has 122 valence electrons. The molecule has 0 atom stereocenters. The predicted octanol–water partition coefficient (Wildman–Crippen LogP) is 3.67. The average molecular weight is 672 g/mol. The first kappa shape index (κ1) is 19.1. The summed E-state index contributed by atoms with van der Waals surface area (Å²) in [6, 6.07) is 6.96. The van der Waals surface area contributed by atoms with Crippen LogP contribution in [-0.4, -0.2) is 24.0 Å². The molecule has 6 nitrogen and oxygen atoms in total. The molecule has 0 radical (unpaired) electrons. The van der Waals surface area contributed by atoms with E-state index in [1.165, 1.54) is 30.3 Å². The lowest BCUT2D eigenvalue weighted by molar-refractivity contribution is 0.0734. The van der Waals surface area contributed by atoms with Gasteiger partial charge in [0.15, 0.2) is 0 Å². The first-order valence-corrected chi connectivity index (χ1v) is 10.4. The quantitative estimate of drug-likeness (QED) is 0.224. The minimum atomic E-state index is -4.36. The van der Waals surface area contributed by atoms with Gasteiger partial charge in [-0.2, -0.15) is 8.42 Å². The highest BCUT2D eigenvalue weighted by Gasteiger charge is 2.21. The molecular formula is C13H7I3O6S. The molecule has 2 N–H and O–H groups in total. The van der Waals surface area contributed by atoms with Gasteiger partial charge in [-0.15, -0.1) is 0 Å². The molecule has 2 aromatic carbocycles.